The zero-order chi connectivity index (χ0) is 20.2. The summed E-state index contributed by atoms with van der Waals surface area (Å²) in [5, 5.41) is 3.12. The summed E-state index contributed by atoms with van der Waals surface area (Å²) in [5.41, 5.74) is 1.89. The van der Waals surface area contributed by atoms with Crippen molar-refractivity contribution in [3.05, 3.63) is 30.5 Å². The number of hydrogen-bond donors (Lipinski definition) is 1. The van der Waals surface area contributed by atoms with Crippen molar-refractivity contribution in [1.29, 1.82) is 0 Å². The maximum Gasteiger partial charge on any atom is 0.317 e. The highest BCUT2D eigenvalue weighted by Crippen LogP contribution is 2.31. The van der Waals surface area contributed by atoms with Gasteiger partial charge in [-0.3, -0.25) is 4.98 Å². The first-order chi connectivity index (χ1) is 14.1. The van der Waals surface area contributed by atoms with Gasteiger partial charge in [0, 0.05) is 31.7 Å². The number of amides is 2. The van der Waals surface area contributed by atoms with Gasteiger partial charge in [0.05, 0.1) is 17.2 Å². The normalized spacial score (nSPS) is 21.4. The van der Waals surface area contributed by atoms with Gasteiger partial charge in [0.2, 0.25) is 0 Å². The first-order valence-electron chi connectivity index (χ1n) is 11.2. The Balaban J connectivity index is 1.43. The van der Waals surface area contributed by atoms with E-state index in [0.29, 0.717) is 12.0 Å². The lowest BCUT2D eigenvalue weighted by Gasteiger charge is -2.41. The van der Waals surface area contributed by atoms with Crippen molar-refractivity contribution in [3.63, 3.8) is 0 Å². The van der Waals surface area contributed by atoms with Crippen LogP contribution in [0.4, 0.5) is 10.6 Å². The smallest absolute Gasteiger partial charge is 0.317 e. The Labute approximate surface area is 173 Å². The molecule has 2 saturated heterocycles. The van der Waals surface area contributed by atoms with Crippen LogP contribution in [-0.4, -0.2) is 52.6 Å². The number of nitrogens with zero attached hydrogens (tertiary/aromatic N) is 4. The van der Waals surface area contributed by atoms with Gasteiger partial charge in [-0.25, -0.2) is 9.78 Å². The number of piperidine rings is 1. The van der Waals surface area contributed by atoms with Gasteiger partial charge in [0.1, 0.15) is 5.82 Å². The number of fused-ring (bicyclic) bond motifs is 1. The van der Waals surface area contributed by atoms with E-state index in [-0.39, 0.29) is 12.1 Å². The van der Waals surface area contributed by atoms with Crippen LogP contribution in [0.25, 0.3) is 11.0 Å². The number of likely N-dealkylation sites (tertiary alicyclic amines) is 1. The van der Waals surface area contributed by atoms with Gasteiger partial charge in [-0.1, -0.05) is 25.0 Å². The molecule has 4 rings (SSSR count). The van der Waals surface area contributed by atoms with Crippen molar-refractivity contribution < 1.29 is 4.79 Å². The number of urea groups is 1. The number of aromatic nitrogens is 2. The molecular formula is C23H33N5O. The number of carbonyl (C=O) groups excluding carboxylic acids is 1. The number of benzene rings is 1. The number of para-hydroxylation sites is 2. The summed E-state index contributed by atoms with van der Waals surface area (Å²) in [7, 11) is 0. The predicted molar refractivity (Wildman–Crippen MR) is 117 cm³/mol. The molecule has 3 heterocycles. The quantitative estimate of drug-likeness (QED) is 0.846. The van der Waals surface area contributed by atoms with Crippen LogP contribution in [0.1, 0.15) is 52.4 Å². The lowest BCUT2D eigenvalue weighted by Crippen LogP contribution is -2.52. The molecule has 0 spiro atoms. The van der Waals surface area contributed by atoms with E-state index in [4.69, 9.17) is 4.98 Å². The Bertz CT molecular complexity index is 831. The first kappa shape index (κ1) is 19.9. The second-order valence-electron chi connectivity index (χ2n) is 8.76. The molecule has 2 fully saturated rings. The van der Waals surface area contributed by atoms with E-state index in [1.54, 1.807) is 0 Å². The van der Waals surface area contributed by atoms with Gasteiger partial charge in [-0.05, 0) is 57.6 Å². The van der Waals surface area contributed by atoms with E-state index in [2.05, 4.69) is 20.1 Å². The van der Waals surface area contributed by atoms with Crippen molar-refractivity contribution in [2.24, 2.45) is 5.92 Å². The molecule has 2 amide bonds. The van der Waals surface area contributed by atoms with E-state index in [9.17, 15) is 4.79 Å². The molecule has 1 aromatic heterocycles. The van der Waals surface area contributed by atoms with Crippen LogP contribution in [0, 0.1) is 5.92 Å². The van der Waals surface area contributed by atoms with Crippen molar-refractivity contribution >= 4 is 22.9 Å². The van der Waals surface area contributed by atoms with Crippen LogP contribution in [-0.2, 0) is 0 Å². The van der Waals surface area contributed by atoms with E-state index >= 15 is 0 Å². The zero-order valence-corrected chi connectivity index (χ0v) is 17.7. The largest absolute Gasteiger partial charge is 0.355 e. The highest BCUT2D eigenvalue weighted by molar-refractivity contribution is 5.75. The Morgan fingerprint density at radius 1 is 1.03 bits per heavy atom. The van der Waals surface area contributed by atoms with Gasteiger partial charge in [-0.15, -0.1) is 0 Å². The van der Waals surface area contributed by atoms with Gasteiger partial charge in [-0.2, -0.15) is 0 Å². The van der Waals surface area contributed by atoms with Crippen molar-refractivity contribution in [2.75, 3.05) is 24.5 Å². The molecule has 2 aromatic rings. The third kappa shape index (κ3) is 4.62. The molecule has 0 bridgehead atoms. The Hall–Kier alpha value is -2.37. The minimum Gasteiger partial charge on any atom is -0.355 e. The molecule has 6 heteroatoms. The summed E-state index contributed by atoms with van der Waals surface area (Å²) >= 11 is 0. The van der Waals surface area contributed by atoms with Crippen LogP contribution in [0.5, 0.6) is 0 Å². The van der Waals surface area contributed by atoms with Crippen LogP contribution in [0.3, 0.4) is 0 Å². The standard InChI is InChI=1S/C23H33N5O/c1-17(2)25-23(29)28-13-7-3-4-10-21(28)18-11-14-27(15-12-18)22-16-24-19-8-5-6-9-20(19)26-22/h5-6,8-9,16-18,21H,3-4,7,10-15H2,1-2H3,(H,25,29). The van der Waals surface area contributed by atoms with Gasteiger partial charge < -0.3 is 15.1 Å². The molecule has 0 aliphatic carbocycles. The molecular weight excluding hydrogens is 362 g/mol. The second kappa shape index (κ2) is 8.97. The molecule has 1 atom stereocenters. The van der Waals surface area contributed by atoms with Crippen LogP contribution >= 0.6 is 0 Å². The predicted octanol–water partition coefficient (Wildman–Crippen LogP) is 4.21. The summed E-state index contributed by atoms with van der Waals surface area (Å²) in [6.07, 6.45) is 8.81. The van der Waals surface area contributed by atoms with E-state index < -0.39 is 0 Å². The third-order valence-corrected chi connectivity index (χ3v) is 6.32. The molecule has 2 aliphatic rings. The topological polar surface area (TPSA) is 61.4 Å². The van der Waals surface area contributed by atoms with Crippen LogP contribution < -0.4 is 10.2 Å². The van der Waals surface area contributed by atoms with E-state index in [0.717, 1.165) is 62.2 Å². The van der Waals surface area contributed by atoms with Crippen LogP contribution in [0.15, 0.2) is 30.5 Å². The van der Waals surface area contributed by atoms with Crippen molar-refractivity contribution in [2.45, 2.75) is 64.5 Å². The Morgan fingerprint density at radius 2 is 1.79 bits per heavy atom. The maximum atomic E-state index is 12.8. The number of anilines is 1. The highest BCUT2D eigenvalue weighted by Gasteiger charge is 2.34. The second-order valence-corrected chi connectivity index (χ2v) is 8.76. The molecule has 0 saturated carbocycles. The monoisotopic (exact) mass is 395 g/mol. The summed E-state index contributed by atoms with van der Waals surface area (Å²) < 4.78 is 0. The van der Waals surface area contributed by atoms with Gasteiger partial charge in [0.25, 0.3) is 0 Å². The first-order valence-corrected chi connectivity index (χ1v) is 11.2. The minimum atomic E-state index is 0.120. The molecule has 1 aromatic carbocycles. The lowest BCUT2D eigenvalue weighted by molar-refractivity contribution is 0.135. The molecule has 2 aliphatic heterocycles. The number of rotatable bonds is 3. The Morgan fingerprint density at radius 3 is 2.55 bits per heavy atom. The summed E-state index contributed by atoms with van der Waals surface area (Å²) in [6, 6.07) is 8.69. The van der Waals surface area contributed by atoms with Crippen molar-refractivity contribution in [3.8, 4) is 0 Å². The van der Waals surface area contributed by atoms with Crippen molar-refractivity contribution in [1.82, 2.24) is 20.2 Å². The fraction of sp³-hybridized carbons (Fsp3) is 0.609. The molecule has 1 unspecified atom stereocenters. The summed E-state index contributed by atoms with van der Waals surface area (Å²) in [5.74, 6) is 1.54. The molecule has 29 heavy (non-hydrogen) atoms. The highest BCUT2D eigenvalue weighted by atomic mass is 16.2. The average Bonchev–Trinajstić information content (AvgIpc) is 2.99. The number of carbonyl (C=O) groups is 1. The molecule has 6 nitrogen and oxygen atoms in total. The molecule has 1 N–H and O–H groups in total. The maximum absolute atomic E-state index is 12.8. The van der Waals surface area contributed by atoms with Crippen LogP contribution in [0.2, 0.25) is 0 Å². The van der Waals surface area contributed by atoms with Gasteiger partial charge in [0.15, 0.2) is 0 Å². The lowest BCUT2D eigenvalue weighted by atomic mass is 9.86. The number of hydrogen-bond acceptors (Lipinski definition) is 4. The zero-order valence-electron chi connectivity index (χ0n) is 17.7. The van der Waals surface area contributed by atoms with E-state index in [1.165, 1.54) is 12.8 Å². The van der Waals surface area contributed by atoms with E-state index in [1.807, 2.05) is 44.3 Å². The molecule has 0 radical (unpaired) electrons. The average molecular weight is 396 g/mol. The summed E-state index contributed by atoms with van der Waals surface area (Å²) in [4.78, 5) is 26.7. The minimum absolute atomic E-state index is 0.120. The summed E-state index contributed by atoms with van der Waals surface area (Å²) in [6.45, 7) is 6.92. The van der Waals surface area contributed by atoms with Gasteiger partial charge >= 0.3 is 6.03 Å². The fourth-order valence-corrected chi connectivity index (χ4v) is 4.82. The molecule has 156 valence electrons. The number of nitrogens with one attached hydrogen (secondary N) is 1. The fourth-order valence-electron chi connectivity index (χ4n) is 4.82. The third-order valence-electron chi connectivity index (χ3n) is 6.32. The SMILES string of the molecule is CC(C)NC(=O)N1CCCCCC1C1CCN(c2cnc3ccccc3n2)CC1. The Kier molecular flexibility index (Phi) is 6.16.